The molecule has 1 heterocycles. The number of hydrogen-bond acceptors (Lipinski definition) is 5. The minimum absolute atomic E-state index is 0.370. The van der Waals surface area contributed by atoms with Crippen LogP contribution in [0.2, 0.25) is 0 Å². The van der Waals surface area contributed by atoms with Crippen molar-refractivity contribution in [2.45, 2.75) is 50.7 Å². The fourth-order valence-corrected chi connectivity index (χ4v) is 4.41. The van der Waals surface area contributed by atoms with Crippen molar-refractivity contribution in [1.82, 2.24) is 5.06 Å². The summed E-state index contributed by atoms with van der Waals surface area (Å²) in [5, 5.41) is 30.6. The average Bonchev–Trinajstić information content (AvgIpc) is 2.87. The number of benzene rings is 2. The van der Waals surface area contributed by atoms with Gasteiger partial charge in [0, 0.05) is 12.0 Å². The molecule has 1 aliphatic heterocycles. The molecule has 1 aliphatic carbocycles. The molecule has 2 aromatic rings. The number of rotatable bonds is 3. The fraction of sp³-hybridized carbons (Fsp3) is 0.364. The maximum absolute atomic E-state index is 13.7. The Balaban J connectivity index is 1.81. The highest BCUT2D eigenvalue weighted by molar-refractivity contribution is 6.07. The van der Waals surface area contributed by atoms with E-state index in [2.05, 4.69) is 10.5 Å². The summed E-state index contributed by atoms with van der Waals surface area (Å²) in [5.74, 6) is -0.370. The van der Waals surface area contributed by atoms with Gasteiger partial charge in [-0.1, -0.05) is 18.2 Å². The van der Waals surface area contributed by atoms with Gasteiger partial charge < -0.3 is 10.4 Å². The minimum Gasteiger partial charge on any atom is -0.622 e. The number of halogens is 1. The van der Waals surface area contributed by atoms with Crippen LogP contribution in [0, 0.1) is 11.0 Å². The largest absolute Gasteiger partial charge is 0.622 e. The highest BCUT2D eigenvalue weighted by Gasteiger charge is 2.65. The Bertz CT molecular complexity index is 957. The lowest BCUT2D eigenvalue weighted by Crippen LogP contribution is -2.61. The van der Waals surface area contributed by atoms with E-state index in [0.29, 0.717) is 29.8 Å². The monoisotopic (exact) mass is 396 g/mol. The van der Waals surface area contributed by atoms with Crippen molar-refractivity contribution in [3.63, 3.8) is 0 Å². The van der Waals surface area contributed by atoms with Crippen LogP contribution < -0.4 is 5.43 Å². The molecular formula is C22H25FN4O2. The standard InChI is InChI=1S/C22H25FN4O2/c1-21(2)20(16-11-13-17(23)14-12-16)26(28)22(27(21)29)15-7-6-10-19(22)25-24-18-8-4-3-5-9-18/h3-5,8-9,11-14,24,29H,6-7,10,15H2,1-2H3. The summed E-state index contributed by atoms with van der Waals surface area (Å²) < 4.78 is 14.3. The first-order chi connectivity index (χ1) is 13.9. The van der Waals surface area contributed by atoms with Gasteiger partial charge in [-0.05, 0) is 69.5 Å². The number of hydrogen-bond donors (Lipinski definition) is 2. The van der Waals surface area contributed by atoms with Gasteiger partial charge in [-0.15, -0.1) is 5.06 Å². The maximum atomic E-state index is 13.7. The molecule has 0 aromatic heterocycles. The van der Waals surface area contributed by atoms with Gasteiger partial charge in [0.15, 0.2) is 0 Å². The molecule has 1 spiro atoms. The molecule has 0 amide bonds. The first-order valence-electron chi connectivity index (χ1n) is 9.85. The lowest BCUT2D eigenvalue weighted by Gasteiger charge is -2.38. The van der Waals surface area contributed by atoms with Crippen LogP contribution in [0.4, 0.5) is 10.1 Å². The average molecular weight is 396 g/mol. The summed E-state index contributed by atoms with van der Waals surface area (Å²) >= 11 is 0. The summed E-state index contributed by atoms with van der Waals surface area (Å²) in [7, 11) is 0. The molecule has 2 aliphatic rings. The Morgan fingerprint density at radius 3 is 2.48 bits per heavy atom. The van der Waals surface area contributed by atoms with Crippen molar-refractivity contribution >= 4 is 17.1 Å². The van der Waals surface area contributed by atoms with E-state index in [1.807, 2.05) is 30.3 Å². The zero-order valence-electron chi connectivity index (χ0n) is 16.6. The zero-order valence-corrected chi connectivity index (χ0v) is 16.6. The Kier molecular flexibility index (Phi) is 4.88. The second-order valence-corrected chi connectivity index (χ2v) is 8.08. The number of hydroxylamine groups is 3. The first kappa shape index (κ1) is 19.5. The Morgan fingerprint density at radius 1 is 1.10 bits per heavy atom. The molecule has 1 atom stereocenters. The van der Waals surface area contributed by atoms with E-state index >= 15 is 0 Å². The van der Waals surface area contributed by atoms with Crippen LogP contribution in [-0.2, 0) is 0 Å². The summed E-state index contributed by atoms with van der Waals surface area (Å²) in [6, 6.07) is 15.3. The zero-order chi connectivity index (χ0) is 20.6. The topological polar surface area (TPSA) is 73.9 Å². The molecular weight excluding hydrogens is 371 g/mol. The molecule has 0 saturated heterocycles. The van der Waals surface area contributed by atoms with Crippen LogP contribution in [0.15, 0.2) is 59.7 Å². The van der Waals surface area contributed by atoms with Crippen LogP contribution in [0.25, 0.3) is 0 Å². The first-order valence-corrected chi connectivity index (χ1v) is 9.85. The van der Waals surface area contributed by atoms with Gasteiger partial charge in [0.1, 0.15) is 17.1 Å². The molecule has 2 N–H and O–H groups in total. The lowest BCUT2D eigenvalue weighted by molar-refractivity contribution is -0.568. The van der Waals surface area contributed by atoms with Gasteiger partial charge in [0.05, 0.1) is 5.69 Å². The Labute approximate surface area is 169 Å². The van der Waals surface area contributed by atoms with Gasteiger partial charge in [0.2, 0.25) is 5.71 Å². The molecule has 29 heavy (non-hydrogen) atoms. The number of anilines is 1. The fourth-order valence-electron chi connectivity index (χ4n) is 4.41. The number of nitrogens with zero attached hydrogens (tertiary/aromatic N) is 3. The van der Waals surface area contributed by atoms with E-state index in [4.69, 9.17) is 0 Å². The number of hydrazone groups is 1. The van der Waals surface area contributed by atoms with Crippen molar-refractivity contribution in [3.05, 3.63) is 71.2 Å². The van der Waals surface area contributed by atoms with E-state index in [0.717, 1.165) is 28.3 Å². The number of para-hydroxylation sites is 1. The summed E-state index contributed by atoms with van der Waals surface area (Å²) in [6.45, 7) is 3.59. The highest BCUT2D eigenvalue weighted by Crippen LogP contribution is 2.42. The third kappa shape index (κ3) is 3.10. The lowest BCUT2D eigenvalue weighted by atomic mass is 9.86. The smallest absolute Gasteiger partial charge is 0.292 e. The molecule has 0 bridgehead atoms. The van der Waals surface area contributed by atoms with Crippen molar-refractivity contribution in [3.8, 4) is 0 Å². The SMILES string of the molecule is CC1(C)C(c2ccc(F)cc2)=[N+]([O-])C2(CCCCC2=NNc2ccccc2)N1O. The second-order valence-electron chi connectivity index (χ2n) is 8.08. The predicted molar refractivity (Wildman–Crippen MR) is 111 cm³/mol. The van der Waals surface area contributed by atoms with E-state index in [9.17, 15) is 14.8 Å². The van der Waals surface area contributed by atoms with E-state index < -0.39 is 11.2 Å². The van der Waals surface area contributed by atoms with Crippen molar-refractivity contribution in [2.24, 2.45) is 5.10 Å². The van der Waals surface area contributed by atoms with E-state index in [1.54, 1.807) is 26.0 Å². The van der Waals surface area contributed by atoms with Crippen molar-refractivity contribution in [2.75, 3.05) is 5.43 Å². The molecule has 1 saturated carbocycles. The van der Waals surface area contributed by atoms with Crippen molar-refractivity contribution < 1.29 is 14.3 Å². The van der Waals surface area contributed by atoms with Crippen molar-refractivity contribution in [1.29, 1.82) is 0 Å². The van der Waals surface area contributed by atoms with E-state index in [1.165, 1.54) is 12.1 Å². The predicted octanol–water partition coefficient (Wildman–Crippen LogP) is 4.35. The quantitative estimate of drug-likeness (QED) is 0.460. The van der Waals surface area contributed by atoms with Gasteiger partial charge in [0.25, 0.3) is 5.66 Å². The molecule has 1 unspecified atom stereocenters. The highest BCUT2D eigenvalue weighted by atomic mass is 19.1. The van der Waals surface area contributed by atoms with Gasteiger partial charge in [-0.3, -0.25) is 5.43 Å². The molecule has 2 aromatic carbocycles. The molecule has 6 nitrogen and oxygen atoms in total. The summed E-state index contributed by atoms with van der Waals surface area (Å²) in [4.78, 5) is 0. The van der Waals surface area contributed by atoms with Crippen LogP contribution in [0.5, 0.6) is 0 Å². The Morgan fingerprint density at radius 2 is 1.79 bits per heavy atom. The molecule has 7 heteroatoms. The van der Waals surface area contributed by atoms with Crippen LogP contribution in [0.1, 0.15) is 45.1 Å². The molecule has 4 rings (SSSR count). The second kappa shape index (κ2) is 7.24. The summed E-state index contributed by atoms with van der Waals surface area (Å²) in [5.41, 5.74) is 3.15. The Hall–Kier alpha value is -2.77. The van der Waals surface area contributed by atoms with Gasteiger partial charge in [-0.25, -0.2) is 4.39 Å². The molecule has 1 fully saturated rings. The van der Waals surface area contributed by atoms with Crippen LogP contribution in [-0.4, -0.2) is 37.6 Å². The number of nitrogens with one attached hydrogen (secondary N) is 1. The molecule has 0 radical (unpaired) electrons. The normalized spacial score (nSPS) is 25.7. The van der Waals surface area contributed by atoms with Gasteiger partial charge >= 0.3 is 0 Å². The van der Waals surface area contributed by atoms with Crippen LogP contribution >= 0.6 is 0 Å². The maximum Gasteiger partial charge on any atom is 0.292 e. The third-order valence-corrected chi connectivity index (χ3v) is 5.86. The van der Waals surface area contributed by atoms with Gasteiger partial charge in [-0.2, -0.15) is 9.84 Å². The minimum atomic E-state index is -1.28. The third-order valence-electron chi connectivity index (χ3n) is 5.86. The summed E-state index contributed by atoms with van der Waals surface area (Å²) in [6.07, 6.45) is 2.75. The molecule has 152 valence electrons. The van der Waals surface area contributed by atoms with E-state index in [-0.39, 0.29) is 5.82 Å². The van der Waals surface area contributed by atoms with Crippen LogP contribution in [0.3, 0.4) is 0 Å².